The van der Waals surface area contributed by atoms with Gasteiger partial charge in [-0.3, -0.25) is 0 Å². The van der Waals surface area contributed by atoms with E-state index in [9.17, 15) is 0 Å². The topological polar surface area (TPSA) is 51.1 Å². The quantitative estimate of drug-likeness (QED) is 0.649. The Kier molecular flexibility index (Phi) is 2.61. The van der Waals surface area contributed by atoms with Gasteiger partial charge in [0.25, 0.3) is 0 Å². The van der Waals surface area contributed by atoms with Crippen LogP contribution in [0, 0.1) is 0 Å². The molecule has 1 N–H and O–H groups in total. The fourth-order valence-electron chi connectivity index (χ4n) is 1.86. The molecule has 0 bridgehead atoms. The van der Waals surface area contributed by atoms with Crippen molar-refractivity contribution >= 4 is 5.71 Å². The largest absolute Gasteiger partial charge is 0.486 e. The number of ether oxygens (including phenoxy) is 2. The average molecular weight is 241 g/mol. The van der Waals surface area contributed by atoms with Crippen LogP contribution in [-0.4, -0.2) is 17.5 Å². The Morgan fingerprint density at radius 2 is 1.89 bits per heavy atom. The van der Waals surface area contributed by atoms with Crippen LogP contribution in [0.2, 0.25) is 0 Å². The van der Waals surface area contributed by atoms with Crippen molar-refractivity contribution in [2.45, 2.75) is 0 Å². The molecular weight excluding hydrogens is 230 g/mol. The lowest BCUT2D eigenvalue weighted by molar-refractivity contribution is 0.313. The molecule has 0 atom stereocenters. The van der Waals surface area contributed by atoms with Gasteiger partial charge in [-0.05, 0) is 30.3 Å². The summed E-state index contributed by atoms with van der Waals surface area (Å²) in [6.07, 6.45) is 0. The van der Waals surface area contributed by atoms with E-state index in [1.165, 1.54) is 0 Å². The van der Waals surface area contributed by atoms with Crippen molar-refractivity contribution in [3.63, 3.8) is 0 Å². The summed E-state index contributed by atoms with van der Waals surface area (Å²) < 4.78 is 11.1. The zero-order chi connectivity index (χ0) is 12.4. The van der Waals surface area contributed by atoms with Crippen LogP contribution in [0.25, 0.3) is 0 Å². The van der Waals surface area contributed by atoms with E-state index in [1.54, 1.807) is 0 Å². The number of para-hydroxylation sites is 1. The molecule has 0 unspecified atom stereocenters. The van der Waals surface area contributed by atoms with E-state index in [0.717, 1.165) is 11.3 Å². The van der Waals surface area contributed by atoms with Crippen molar-refractivity contribution in [1.82, 2.24) is 0 Å². The van der Waals surface area contributed by atoms with Gasteiger partial charge >= 0.3 is 0 Å². The molecule has 18 heavy (non-hydrogen) atoms. The summed E-state index contributed by atoms with van der Waals surface area (Å²) in [7, 11) is 0. The van der Waals surface area contributed by atoms with E-state index in [0.29, 0.717) is 23.8 Å². The van der Waals surface area contributed by atoms with Crippen LogP contribution >= 0.6 is 0 Å². The highest BCUT2D eigenvalue weighted by Crippen LogP contribution is 2.31. The number of oxime groups is 1. The zero-order valence-electron chi connectivity index (χ0n) is 9.54. The van der Waals surface area contributed by atoms with Crippen molar-refractivity contribution in [2.75, 3.05) is 6.61 Å². The molecule has 1 aliphatic heterocycles. The normalized spacial score (nSPS) is 15.2. The van der Waals surface area contributed by atoms with Gasteiger partial charge in [-0.2, -0.15) is 0 Å². The Bertz CT molecular complexity index is 593. The number of rotatable bonds is 2. The highest BCUT2D eigenvalue weighted by Gasteiger charge is 2.20. The van der Waals surface area contributed by atoms with E-state index in [1.807, 2.05) is 48.5 Å². The minimum absolute atomic E-state index is 0.292. The second-order valence-corrected chi connectivity index (χ2v) is 3.91. The predicted molar refractivity (Wildman–Crippen MR) is 66.8 cm³/mol. The first-order valence-electron chi connectivity index (χ1n) is 5.58. The first kappa shape index (κ1) is 10.7. The lowest BCUT2D eigenvalue weighted by Crippen LogP contribution is -2.01. The van der Waals surface area contributed by atoms with Gasteiger partial charge in [-0.25, -0.2) is 0 Å². The highest BCUT2D eigenvalue weighted by molar-refractivity contribution is 6.06. The van der Waals surface area contributed by atoms with Gasteiger partial charge in [-0.1, -0.05) is 23.4 Å². The molecule has 0 aliphatic carbocycles. The fourth-order valence-corrected chi connectivity index (χ4v) is 1.86. The number of nitrogens with zero attached hydrogens (tertiary/aromatic N) is 1. The molecule has 4 nitrogen and oxygen atoms in total. The molecule has 0 radical (unpaired) electrons. The molecule has 1 heterocycles. The molecular formula is C14H11NO3. The fraction of sp³-hybridized carbons (Fsp3) is 0.0714. The Labute approximate surface area is 104 Å². The van der Waals surface area contributed by atoms with Crippen molar-refractivity contribution < 1.29 is 14.7 Å². The van der Waals surface area contributed by atoms with Crippen molar-refractivity contribution in [2.24, 2.45) is 5.16 Å². The Hall–Kier alpha value is -2.49. The van der Waals surface area contributed by atoms with Crippen LogP contribution < -0.4 is 9.47 Å². The van der Waals surface area contributed by atoms with Crippen molar-refractivity contribution in [1.29, 1.82) is 0 Å². The SMILES string of the molecule is O/N=C1/COc2ccc(Oc3ccccc3)cc21. The molecule has 4 heteroatoms. The Morgan fingerprint density at radius 3 is 2.67 bits per heavy atom. The van der Waals surface area contributed by atoms with Gasteiger partial charge in [0, 0.05) is 5.56 Å². The van der Waals surface area contributed by atoms with Gasteiger partial charge < -0.3 is 14.7 Å². The average Bonchev–Trinajstić information content (AvgIpc) is 2.82. The zero-order valence-corrected chi connectivity index (χ0v) is 9.54. The van der Waals surface area contributed by atoms with E-state index in [-0.39, 0.29) is 0 Å². The first-order valence-corrected chi connectivity index (χ1v) is 5.58. The molecule has 0 aromatic heterocycles. The summed E-state index contributed by atoms with van der Waals surface area (Å²) in [5, 5.41) is 12.1. The molecule has 0 saturated heterocycles. The van der Waals surface area contributed by atoms with E-state index in [2.05, 4.69) is 5.16 Å². The molecule has 0 amide bonds. The van der Waals surface area contributed by atoms with Gasteiger partial charge in [0.1, 0.15) is 29.6 Å². The van der Waals surface area contributed by atoms with Gasteiger partial charge in [-0.15, -0.1) is 0 Å². The number of fused-ring (bicyclic) bond motifs is 1. The third kappa shape index (κ3) is 1.88. The van der Waals surface area contributed by atoms with Crippen LogP contribution in [0.5, 0.6) is 17.2 Å². The number of benzene rings is 2. The van der Waals surface area contributed by atoms with E-state index in [4.69, 9.17) is 14.7 Å². The monoisotopic (exact) mass is 241 g/mol. The predicted octanol–water partition coefficient (Wildman–Crippen LogP) is 3.05. The highest BCUT2D eigenvalue weighted by atomic mass is 16.5. The first-order chi connectivity index (χ1) is 8.86. The minimum atomic E-state index is 0.292. The summed E-state index contributed by atoms with van der Waals surface area (Å²) in [5.74, 6) is 2.16. The summed E-state index contributed by atoms with van der Waals surface area (Å²) in [4.78, 5) is 0. The standard InChI is InChI=1S/C14H11NO3/c16-15-13-9-17-14-7-6-11(8-12(13)14)18-10-4-2-1-3-5-10/h1-8,16H,9H2/b15-13-. The van der Waals surface area contributed by atoms with Gasteiger partial charge in [0.2, 0.25) is 0 Å². The third-order valence-electron chi connectivity index (χ3n) is 2.73. The molecule has 2 aromatic carbocycles. The third-order valence-corrected chi connectivity index (χ3v) is 2.73. The van der Waals surface area contributed by atoms with Crippen LogP contribution in [0.15, 0.2) is 53.7 Å². The van der Waals surface area contributed by atoms with E-state index >= 15 is 0 Å². The summed E-state index contributed by atoms with van der Waals surface area (Å²) in [6, 6.07) is 15.0. The second kappa shape index (κ2) is 4.41. The Morgan fingerprint density at radius 1 is 1.06 bits per heavy atom. The summed E-state index contributed by atoms with van der Waals surface area (Å²) >= 11 is 0. The van der Waals surface area contributed by atoms with Crippen LogP contribution in [0.3, 0.4) is 0 Å². The molecule has 90 valence electrons. The molecule has 0 saturated carbocycles. The summed E-state index contributed by atoms with van der Waals surface area (Å²) in [5.41, 5.74) is 1.29. The van der Waals surface area contributed by atoms with Crippen molar-refractivity contribution in [3.8, 4) is 17.2 Å². The van der Waals surface area contributed by atoms with Crippen molar-refractivity contribution in [3.05, 3.63) is 54.1 Å². The molecule has 0 fully saturated rings. The van der Waals surface area contributed by atoms with E-state index < -0.39 is 0 Å². The minimum Gasteiger partial charge on any atom is -0.486 e. The molecule has 2 aromatic rings. The second-order valence-electron chi connectivity index (χ2n) is 3.91. The number of hydrogen-bond acceptors (Lipinski definition) is 4. The molecule has 3 rings (SSSR count). The lowest BCUT2D eigenvalue weighted by Gasteiger charge is -2.06. The summed E-state index contributed by atoms with van der Waals surface area (Å²) in [6.45, 7) is 0.292. The maximum absolute atomic E-state index is 8.86. The van der Waals surface area contributed by atoms with Gasteiger partial charge in [0.15, 0.2) is 0 Å². The smallest absolute Gasteiger partial charge is 0.134 e. The van der Waals surface area contributed by atoms with Crippen LogP contribution in [0.4, 0.5) is 0 Å². The Balaban J connectivity index is 1.91. The number of hydrogen-bond donors (Lipinski definition) is 1. The van der Waals surface area contributed by atoms with Crippen LogP contribution in [0.1, 0.15) is 5.56 Å². The molecule has 1 aliphatic rings. The maximum atomic E-state index is 8.86. The lowest BCUT2D eigenvalue weighted by atomic mass is 10.1. The molecule has 0 spiro atoms. The van der Waals surface area contributed by atoms with Gasteiger partial charge in [0.05, 0.1) is 0 Å². The maximum Gasteiger partial charge on any atom is 0.134 e. The van der Waals surface area contributed by atoms with Crippen LogP contribution in [-0.2, 0) is 0 Å².